The average molecular weight is 338 g/mol. The van der Waals surface area contributed by atoms with Crippen molar-refractivity contribution in [2.75, 3.05) is 0 Å². The van der Waals surface area contributed by atoms with Gasteiger partial charge < -0.3 is 0 Å². The molecule has 0 saturated carbocycles. The van der Waals surface area contributed by atoms with Crippen LogP contribution < -0.4 is 0 Å². The van der Waals surface area contributed by atoms with E-state index in [9.17, 15) is 0 Å². The van der Waals surface area contributed by atoms with Gasteiger partial charge in [0.25, 0.3) is 5.92 Å². The molecule has 126 valence electrons. The summed E-state index contributed by atoms with van der Waals surface area (Å²) in [5, 5.41) is 8.30. The van der Waals surface area contributed by atoms with Crippen molar-refractivity contribution in [3.05, 3.63) is 65.5 Å². The minimum Gasteiger partial charge on any atom is -0.268 e. The molecule has 1 aromatic heterocycles. The number of para-hydroxylation sites is 1. The lowest BCUT2D eigenvalue weighted by Gasteiger charge is -2.38. The molecule has 3 aromatic rings. The third-order valence-corrected chi connectivity index (χ3v) is 4.82. The number of rotatable bonds is 2. The highest BCUT2D eigenvalue weighted by Crippen LogP contribution is 2.48. The first-order chi connectivity index (χ1) is 12.0. The van der Waals surface area contributed by atoms with Gasteiger partial charge in [-0.2, -0.15) is 8.78 Å². The topological polar surface area (TPSA) is 51.0 Å². The second-order valence-electron chi connectivity index (χ2n) is 6.33. The van der Waals surface area contributed by atoms with Crippen LogP contribution in [-0.4, -0.2) is 26.4 Å². The number of alkyl halides is 2. The first-order valence-corrected chi connectivity index (χ1v) is 8.13. The number of nitrogens with zero attached hydrogens (tertiary/aromatic N) is 4. The van der Waals surface area contributed by atoms with Gasteiger partial charge >= 0.3 is 0 Å². The van der Waals surface area contributed by atoms with Crippen molar-refractivity contribution in [2.24, 2.45) is 4.99 Å². The van der Waals surface area contributed by atoms with E-state index in [2.05, 4.69) is 20.2 Å². The van der Waals surface area contributed by atoms with E-state index >= 15 is 8.78 Å². The molecular weight excluding hydrogens is 322 g/mol. The number of aromatic nitrogens is 3. The largest absolute Gasteiger partial charge is 0.298 e. The van der Waals surface area contributed by atoms with Crippen molar-refractivity contribution in [1.82, 2.24) is 15.2 Å². The van der Waals surface area contributed by atoms with Gasteiger partial charge in [-0.25, -0.2) is 4.98 Å². The lowest BCUT2D eigenvalue weighted by molar-refractivity contribution is -0.0769. The fourth-order valence-corrected chi connectivity index (χ4v) is 3.08. The maximum Gasteiger partial charge on any atom is 0.298 e. The van der Waals surface area contributed by atoms with Crippen molar-refractivity contribution < 1.29 is 8.78 Å². The van der Waals surface area contributed by atoms with Crippen LogP contribution in [0.5, 0.6) is 0 Å². The molecule has 0 fully saturated rings. The van der Waals surface area contributed by atoms with Gasteiger partial charge in [0.2, 0.25) is 5.82 Å². The molecule has 25 heavy (non-hydrogen) atoms. The van der Waals surface area contributed by atoms with Crippen LogP contribution in [0.2, 0.25) is 0 Å². The Labute approximate surface area is 143 Å². The predicted molar refractivity (Wildman–Crippen MR) is 92.0 cm³/mol. The third kappa shape index (κ3) is 2.24. The maximum absolute atomic E-state index is 15.0. The van der Waals surface area contributed by atoms with Crippen molar-refractivity contribution in [1.29, 1.82) is 0 Å². The molecule has 1 aliphatic heterocycles. The van der Waals surface area contributed by atoms with E-state index < -0.39 is 11.5 Å². The van der Waals surface area contributed by atoms with E-state index in [0.717, 1.165) is 0 Å². The van der Waals surface area contributed by atoms with Gasteiger partial charge in [-0.15, -0.1) is 10.2 Å². The Kier molecular flexibility index (Phi) is 3.39. The molecule has 0 saturated heterocycles. The van der Waals surface area contributed by atoms with E-state index in [1.165, 1.54) is 13.0 Å². The third-order valence-electron chi connectivity index (χ3n) is 4.82. The maximum atomic E-state index is 15.0. The Morgan fingerprint density at radius 2 is 1.60 bits per heavy atom. The molecule has 4 rings (SSSR count). The summed E-state index contributed by atoms with van der Waals surface area (Å²) in [5.74, 6) is -2.80. The predicted octanol–water partition coefficient (Wildman–Crippen LogP) is 4.14. The molecular formula is C19H16F2N4. The van der Waals surface area contributed by atoms with E-state index in [-0.39, 0.29) is 17.8 Å². The second-order valence-corrected chi connectivity index (χ2v) is 6.33. The number of fused-ring (bicyclic) bond motifs is 2. The second kappa shape index (κ2) is 5.37. The lowest BCUT2D eigenvalue weighted by Crippen LogP contribution is -2.46. The monoisotopic (exact) mass is 338 g/mol. The minimum atomic E-state index is -3.06. The van der Waals surface area contributed by atoms with Crippen LogP contribution in [0, 0.1) is 0 Å². The van der Waals surface area contributed by atoms with E-state index in [1.54, 1.807) is 31.2 Å². The highest BCUT2D eigenvalue weighted by molar-refractivity contribution is 6.13. The van der Waals surface area contributed by atoms with E-state index in [4.69, 9.17) is 0 Å². The Morgan fingerprint density at radius 1 is 0.920 bits per heavy atom. The molecule has 0 spiro atoms. The molecule has 0 bridgehead atoms. The van der Waals surface area contributed by atoms with Gasteiger partial charge in [-0.3, -0.25) is 4.99 Å². The Balaban J connectivity index is 1.98. The molecule has 1 unspecified atom stereocenters. The summed E-state index contributed by atoms with van der Waals surface area (Å²) < 4.78 is 30.0. The van der Waals surface area contributed by atoms with Crippen molar-refractivity contribution in [3.63, 3.8) is 0 Å². The minimum absolute atomic E-state index is 0.0406. The molecule has 2 aromatic carbocycles. The summed E-state index contributed by atoms with van der Waals surface area (Å²) in [5.41, 5.74) is 0.439. The van der Waals surface area contributed by atoms with Gasteiger partial charge in [-0.1, -0.05) is 43.3 Å². The van der Waals surface area contributed by atoms with Gasteiger partial charge in [-0.05, 0) is 25.5 Å². The molecule has 6 heteroatoms. The fraction of sp³-hybridized carbons (Fsp3) is 0.263. The van der Waals surface area contributed by atoms with Gasteiger partial charge in [0.05, 0.1) is 5.52 Å². The van der Waals surface area contributed by atoms with Crippen molar-refractivity contribution in [3.8, 4) is 0 Å². The zero-order chi connectivity index (χ0) is 17.7. The van der Waals surface area contributed by atoms with Crippen LogP contribution in [0.3, 0.4) is 0 Å². The molecule has 0 N–H and O–H groups in total. The first kappa shape index (κ1) is 15.7. The van der Waals surface area contributed by atoms with Crippen LogP contribution in [0.4, 0.5) is 8.78 Å². The molecule has 0 aliphatic carbocycles. The summed E-state index contributed by atoms with van der Waals surface area (Å²) in [6.07, 6.45) is 0.193. The summed E-state index contributed by atoms with van der Waals surface area (Å²) in [7, 11) is 0. The molecule has 2 heterocycles. The van der Waals surface area contributed by atoms with Crippen LogP contribution in [0.25, 0.3) is 11.0 Å². The number of hydrogen-bond acceptors (Lipinski definition) is 4. The zero-order valence-corrected chi connectivity index (χ0v) is 13.9. The van der Waals surface area contributed by atoms with Gasteiger partial charge in [0, 0.05) is 11.1 Å². The van der Waals surface area contributed by atoms with Crippen LogP contribution in [0.15, 0.2) is 53.5 Å². The fourth-order valence-electron chi connectivity index (χ4n) is 3.08. The highest BCUT2D eigenvalue weighted by Gasteiger charge is 2.54. The normalized spacial score (nSPS) is 21.7. The molecule has 0 amide bonds. The van der Waals surface area contributed by atoms with E-state index in [0.29, 0.717) is 22.3 Å². The quantitative estimate of drug-likeness (QED) is 0.706. The molecule has 1 aliphatic rings. The number of benzene rings is 2. The summed E-state index contributed by atoms with van der Waals surface area (Å²) >= 11 is 0. The Hall–Kier alpha value is -2.76. The van der Waals surface area contributed by atoms with E-state index in [1.807, 2.05) is 18.2 Å². The van der Waals surface area contributed by atoms with Crippen molar-refractivity contribution >= 4 is 16.7 Å². The summed E-state index contributed by atoms with van der Waals surface area (Å²) in [4.78, 5) is 8.90. The molecule has 0 radical (unpaired) electrons. The van der Waals surface area contributed by atoms with Gasteiger partial charge in [0.1, 0.15) is 16.8 Å². The first-order valence-electron chi connectivity index (χ1n) is 8.13. The number of halogens is 2. The van der Waals surface area contributed by atoms with Crippen LogP contribution in [0.1, 0.15) is 37.2 Å². The molecule has 4 nitrogen and oxygen atoms in total. The zero-order valence-electron chi connectivity index (χ0n) is 13.9. The Morgan fingerprint density at radius 3 is 2.36 bits per heavy atom. The summed E-state index contributed by atoms with van der Waals surface area (Å²) in [6, 6.07) is 13.7. The number of aliphatic imine (C=N–C) groups is 1. The lowest BCUT2D eigenvalue weighted by atomic mass is 9.80. The Bertz CT molecular complexity index is 999. The smallest absolute Gasteiger partial charge is 0.268 e. The molecule has 1 atom stereocenters. The van der Waals surface area contributed by atoms with Crippen molar-refractivity contribution in [2.45, 2.75) is 31.7 Å². The summed E-state index contributed by atoms with van der Waals surface area (Å²) in [6.45, 7) is 3.18. The highest BCUT2D eigenvalue weighted by atomic mass is 19.3. The van der Waals surface area contributed by atoms with Crippen LogP contribution in [-0.2, 0) is 5.92 Å². The standard InChI is InChI=1S/C19H16F2N4/c1-3-18(2)19(20,21)13-9-5-4-8-12(13)16(23-18)17-22-14-10-6-7-11-15(14)24-25-17/h4-11H,3H2,1-2H3. The number of hydrogen-bond donors (Lipinski definition) is 0. The van der Waals surface area contributed by atoms with Crippen LogP contribution >= 0.6 is 0 Å². The average Bonchev–Trinajstić information content (AvgIpc) is 2.64. The SMILES string of the molecule is CCC1(C)N=C(c2nnc3ccccc3n2)c2ccccc2C1(F)F. The van der Waals surface area contributed by atoms with Gasteiger partial charge in [0.15, 0.2) is 0 Å².